The first-order valence-corrected chi connectivity index (χ1v) is 6.34. The van der Waals surface area contributed by atoms with Crippen LogP contribution in [0.1, 0.15) is 28.8 Å². The fourth-order valence-electron chi connectivity index (χ4n) is 2.23. The molecule has 20 heavy (non-hydrogen) atoms. The highest BCUT2D eigenvalue weighted by molar-refractivity contribution is 5.94. The Morgan fingerprint density at radius 2 is 1.75 bits per heavy atom. The maximum Gasteiger partial charge on any atom is 0.416 e. The third-order valence-electron chi connectivity index (χ3n) is 3.48. The molecule has 0 saturated carbocycles. The number of nitrogens with one attached hydrogen (secondary N) is 1. The molecular weight excluding hydrogens is 271 g/mol. The first kappa shape index (κ1) is 14.8. The van der Waals surface area contributed by atoms with Crippen molar-refractivity contribution in [3.8, 4) is 0 Å². The molecule has 1 amide bonds. The number of hydrogen-bond donors (Lipinski definition) is 2. The number of alkyl halides is 3. The number of nitrogens with zero attached hydrogens (tertiary/aromatic N) is 1. The zero-order valence-corrected chi connectivity index (χ0v) is 10.8. The third-order valence-corrected chi connectivity index (χ3v) is 3.48. The van der Waals surface area contributed by atoms with Crippen molar-refractivity contribution in [2.75, 3.05) is 13.1 Å². The number of carbonyl (C=O) groups excluding carboxylic acids is 1. The standard InChI is InChI=1S/C13H16F3N3O/c14-13(15,16)10-3-1-9(2-4-10)12(20)19-7-5-11(18-17)6-8-19/h1-4,11,18H,5-8,17H2. The fourth-order valence-corrected chi connectivity index (χ4v) is 2.23. The molecule has 3 N–H and O–H groups in total. The third kappa shape index (κ3) is 3.29. The van der Waals surface area contributed by atoms with Gasteiger partial charge in [0.05, 0.1) is 5.56 Å². The molecule has 1 fully saturated rings. The summed E-state index contributed by atoms with van der Waals surface area (Å²) in [6.07, 6.45) is -2.90. The molecule has 1 saturated heterocycles. The molecule has 110 valence electrons. The van der Waals surface area contributed by atoms with Crippen molar-refractivity contribution in [3.63, 3.8) is 0 Å². The Hall–Kier alpha value is -1.60. The molecule has 7 heteroatoms. The van der Waals surface area contributed by atoms with Crippen molar-refractivity contribution in [2.45, 2.75) is 25.1 Å². The predicted molar refractivity (Wildman–Crippen MR) is 67.7 cm³/mol. The number of halogens is 3. The van der Waals surface area contributed by atoms with Crippen LogP contribution in [-0.2, 0) is 6.18 Å². The van der Waals surface area contributed by atoms with Crippen LogP contribution >= 0.6 is 0 Å². The van der Waals surface area contributed by atoms with E-state index in [1.807, 2.05) is 0 Å². The van der Waals surface area contributed by atoms with E-state index in [-0.39, 0.29) is 17.5 Å². The predicted octanol–water partition coefficient (Wildman–Crippen LogP) is 1.77. The van der Waals surface area contributed by atoms with E-state index in [1.165, 1.54) is 12.1 Å². The smallest absolute Gasteiger partial charge is 0.339 e. The molecule has 0 unspecified atom stereocenters. The van der Waals surface area contributed by atoms with Gasteiger partial charge in [-0.2, -0.15) is 13.2 Å². The van der Waals surface area contributed by atoms with Crippen molar-refractivity contribution in [1.29, 1.82) is 0 Å². The maximum absolute atomic E-state index is 12.4. The number of hydrogen-bond acceptors (Lipinski definition) is 3. The van der Waals surface area contributed by atoms with Gasteiger partial charge in [-0.15, -0.1) is 0 Å². The number of piperidine rings is 1. The van der Waals surface area contributed by atoms with Gasteiger partial charge in [0.25, 0.3) is 5.91 Å². The van der Waals surface area contributed by atoms with E-state index in [0.29, 0.717) is 13.1 Å². The second-order valence-corrected chi connectivity index (χ2v) is 4.81. The van der Waals surface area contributed by atoms with Gasteiger partial charge in [0.1, 0.15) is 0 Å². The van der Waals surface area contributed by atoms with E-state index in [1.54, 1.807) is 4.90 Å². The van der Waals surface area contributed by atoms with Crippen LogP contribution in [0.4, 0.5) is 13.2 Å². The lowest BCUT2D eigenvalue weighted by atomic mass is 10.0. The topological polar surface area (TPSA) is 58.4 Å². The van der Waals surface area contributed by atoms with Crippen molar-refractivity contribution in [3.05, 3.63) is 35.4 Å². The number of hydrazine groups is 1. The van der Waals surface area contributed by atoms with Crippen LogP contribution in [-0.4, -0.2) is 29.9 Å². The summed E-state index contributed by atoms with van der Waals surface area (Å²) in [5, 5.41) is 0. The lowest BCUT2D eigenvalue weighted by Crippen LogP contribution is -2.46. The average Bonchev–Trinajstić information content (AvgIpc) is 2.46. The highest BCUT2D eigenvalue weighted by Crippen LogP contribution is 2.29. The van der Waals surface area contributed by atoms with Crippen LogP contribution < -0.4 is 11.3 Å². The van der Waals surface area contributed by atoms with E-state index in [4.69, 9.17) is 5.84 Å². The van der Waals surface area contributed by atoms with Crippen LogP contribution in [0.3, 0.4) is 0 Å². The Labute approximate surface area is 114 Å². The van der Waals surface area contributed by atoms with E-state index >= 15 is 0 Å². The summed E-state index contributed by atoms with van der Waals surface area (Å²) in [4.78, 5) is 13.8. The average molecular weight is 287 g/mol. The van der Waals surface area contributed by atoms with Gasteiger partial charge >= 0.3 is 6.18 Å². The molecule has 1 aromatic carbocycles. The van der Waals surface area contributed by atoms with Crippen LogP contribution in [0.5, 0.6) is 0 Å². The number of amides is 1. The summed E-state index contributed by atoms with van der Waals surface area (Å²) in [7, 11) is 0. The van der Waals surface area contributed by atoms with E-state index < -0.39 is 11.7 Å². The van der Waals surface area contributed by atoms with Gasteiger partial charge in [0.2, 0.25) is 0 Å². The van der Waals surface area contributed by atoms with Crippen molar-refractivity contribution in [2.24, 2.45) is 5.84 Å². The highest BCUT2D eigenvalue weighted by atomic mass is 19.4. The maximum atomic E-state index is 12.4. The fraction of sp³-hybridized carbons (Fsp3) is 0.462. The molecule has 0 atom stereocenters. The SMILES string of the molecule is NNC1CCN(C(=O)c2ccc(C(F)(F)F)cc2)CC1. The first-order valence-electron chi connectivity index (χ1n) is 6.34. The Kier molecular flexibility index (Phi) is 4.29. The Balaban J connectivity index is 2.03. The highest BCUT2D eigenvalue weighted by Gasteiger charge is 2.30. The molecule has 0 bridgehead atoms. The number of nitrogens with two attached hydrogens (primary N) is 1. The number of carbonyl (C=O) groups is 1. The lowest BCUT2D eigenvalue weighted by molar-refractivity contribution is -0.137. The van der Waals surface area contributed by atoms with E-state index in [9.17, 15) is 18.0 Å². The Bertz CT molecular complexity index is 465. The second kappa shape index (κ2) is 5.80. The molecule has 1 heterocycles. The summed E-state index contributed by atoms with van der Waals surface area (Å²) < 4.78 is 37.3. The molecule has 1 aromatic rings. The first-order chi connectivity index (χ1) is 9.41. The van der Waals surface area contributed by atoms with Gasteiger partial charge in [-0.05, 0) is 37.1 Å². The zero-order chi connectivity index (χ0) is 14.8. The summed E-state index contributed by atoms with van der Waals surface area (Å²) in [6, 6.07) is 4.49. The Morgan fingerprint density at radius 1 is 1.20 bits per heavy atom. The van der Waals surface area contributed by atoms with Crippen molar-refractivity contribution in [1.82, 2.24) is 10.3 Å². The molecule has 1 aliphatic heterocycles. The van der Waals surface area contributed by atoms with Crippen LogP contribution in [0.2, 0.25) is 0 Å². The van der Waals surface area contributed by atoms with Gasteiger partial charge in [0, 0.05) is 24.7 Å². The molecular formula is C13H16F3N3O. The minimum atomic E-state index is -4.38. The summed E-state index contributed by atoms with van der Waals surface area (Å²) in [6.45, 7) is 1.10. The van der Waals surface area contributed by atoms with Crippen molar-refractivity contribution < 1.29 is 18.0 Å². The summed E-state index contributed by atoms with van der Waals surface area (Å²) in [5.41, 5.74) is 2.19. The lowest BCUT2D eigenvalue weighted by Gasteiger charge is -2.31. The minimum absolute atomic E-state index is 0.187. The quantitative estimate of drug-likeness (QED) is 0.644. The molecule has 4 nitrogen and oxygen atoms in total. The largest absolute Gasteiger partial charge is 0.416 e. The minimum Gasteiger partial charge on any atom is -0.339 e. The van der Waals surface area contributed by atoms with Gasteiger partial charge in [-0.25, -0.2) is 0 Å². The molecule has 1 aliphatic rings. The summed E-state index contributed by atoms with van der Waals surface area (Å²) in [5.74, 6) is 5.09. The number of rotatable bonds is 2. The molecule has 2 rings (SSSR count). The number of likely N-dealkylation sites (tertiary alicyclic amines) is 1. The Morgan fingerprint density at radius 3 is 2.20 bits per heavy atom. The zero-order valence-electron chi connectivity index (χ0n) is 10.8. The normalized spacial score (nSPS) is 17.3. The van der Waals surface area contributed by atoms with Crippen LogP contribution in [0, 0.1) is 0 Å². The molecule has 0 aromatic heterocycles. The molecule has 0 aliphatic carbocycles. The van der Waals surface area contributed by atoms with Gasteiger partial charge in [-0.3, -0.25) is 16.1 Å². The van der Waals surface area contributed by atoms with E-state index in [2.05, 4.69) is 5.43 Å². The molecule has 0 spiro atoms. The van der Waals surface area contributed by atoms with Crippen LogP contribution in [0.25, 0.3) is 0 Å². The number of benzene rings is 1. The van der Waals surface area contributed by atoms with Gasteiger partial charge < -0.3 is 4.90 Å². The molecule has 0 radical (unpaired) electrons. The van der Waals surface area contributed by atoms with Gasteiger partial charge in [-0.1, -0.05) is 0 Å². The summed E-state index contributed by atoms with van der Waals surface area (Å²) >= 11 is 0. The van der Waals surface area contributed by atoms with Gasteiger partial charge in [0.15, 0.2) is 0 Å². The monoisotopic (exact) mass is 287 g/mol. The second-order valence-electron chi connectivity index (χ2n) is 4.81. The van der Waals surface area contributed by atoms with Crippen molar-refractivity contribution >= 4 is 5.91 Å². The van der Waals surface area contributed by atoms with E-state index in [0.717, 1.165) is 25.0 Å². The van der Waals surface area contributed by atoms with Crippen LogP contribution in [0.15, 0.2) is 24.3 Å².